The van der Waals surface area contributed by atoms with Crippen LogP contribution in [-0.4, -0.2) is 39.0 Å². The van der Waals surface area contributed by atoms with Crippen molar-refractivity contribution in [2.45, 2.75) is 30.6 Å². The highest BCUT2D eigenvalue weighted by Crippen LogP contribution is 2.27. The van der Waals surface area contributed by atoms with E-state index in [-0.39, 0.29) is 11.9 Å². The summed E-state index contributed by atoms with van der Waals surface area (Å²) in [6, 6.07) is 16.9. The summed E-state index contributed by atoms with van der Waals surface area (Å²) < 4.78 is 7.87. The van der Waals surface area contributed by atoms with Crippen LogP contribution in [0.1, 0.15) is 23.2 Å². The van der Waals surface area contributed by atoms with Crippen LogP contribution in [0.25, 0.3) is 11.4 Å². The van der Waals surface area contributed by atoms with E-state index in [0.29, 0.717) is 22.9 Å². The molecule has 0 bridgehead atoms. The Bertz CT molecular complexity index is 938. The maximum Gasteiger partial charge on any atom is 0.192 e. The lowest BCUT2D eigenvalue weighted by Crippen LogP contribution is -2.17. The molecular weight excluding hydrogens is 394 g/mol. The van der Waals surface area contributed by atoms with E-state index in [0.717, 1.165) is 36.0 Å². The van der Waals surface area contributed by atoms with Crippen molar-refractivity contribution in [3.05, 3.63) is 65.2 Å². The van der Waals surface area contributed by atoms with Gasteiger partial charge in [-0.25, -0.2) is 0 Å². The van der Waals surface area contributed by atoms with Crippen LogP contribution in [0.2, 0.25) is 5.02 Å². The maximum absolute atomic E-state index is 12.5. The van der Waals surface area contributed by atoms with Gasteiger partial charge in [0.2, 0.25) is 0 Å². The van der Waals surface area contributed by atoms with E-state index < -0.39 is 0 Å². The third-order valence-corrected chi connectivity index (χ3v) is 5.88. The SMILES string of the molecule is O=C(CSc1nnc(-c2ccc(Cl)cc2)n1C[C@@H]1CCCO1)c1ccccc1. The Kier molecular flexibility index (Phi) is 6.10. The number of hydrogen-bond donors (Lipinski definition) is 0. The van der Waals surface area contributed by atoms with Crippen molar-refractivity contribution in [2.24, 2.45) is 0 Å². The standard InChI is InChI=1S/C21H20ClN3O2S/c22-17-10-8-16(9-11-17)20-23-24-21(25(20)13-18-7-4-12-27-18)28-14-19(26)15-5-2-1-3-6-15/h1-3,5-6,8-11,18H,4,7,12-14H2/t18-/m0/s1. The molecule has 0 radical (unpaired) electrons. The topological polar surface area (TPSA) is 57.0 Å². The molecule has 1 aliphatic rings. The predicted octanol–water partition coefficient (Wildman–Crippen LogP) is 4.75. The Morgan fingerprint density at radius 3 is 2.64 bits per heavy atom. The number of aromatic nitrogens is 3. The van der Waals surface area contributed by atoms with E-state index in [1.54, 1.807) is 0 Å². The second-order valence-electron chi connectivity index (χ2n) is 6.64. The molecule has 1 atom stereocenters. The molecule has 1 fully saturated rings. The molecule has 3 aromatic rings. The van der Waals surface area contributed by atoms with Crippen molar-refractivity contribution < 1.29 is 9.53 Å². The monoisotopic (exact) mass is 413 g/mol. The second-order valence-corrected chi connectivity index (χ2v) is 8.02. The Morgan fingerprint density at radius 2 is 1.93 bits per heavy atom. The Balaban J connectivity index is 1.57. The number of hydrogen-bond acceptors (Lipinski definition) is 5. The summed E-state index contributed by atoms with van der Waals surface area (Å²) in [7, 11) is 0. The minimum Gasteiger partial charge on any atom is -0.376 e. The summed E-state index contributed by atoms with van der Waals surface area (Å²) in [5.74, 6) is 1.15. The Morgan fingerprint density at radius 1 is 1.14 bits per heavy atom. The van der Waals surface area contributed by atoms with Crippen LogP contribution < -0.4 is 0 Å². The number of ketones is 1. The van der Waals surface area contributed by atoms with Gasteiger partial charge in [-0.2, -0.15) is 0 Å². The lowest BCUT2D eigenvalue weighted by Gasteiger charge is -2.14. The molecule has 1 aliphatic heterocycles. The number of rotatable bonds is 7. The minimum atomic E-state index is 0.0744. The first-order valence-corrected chi connectivity index (χ1v) is 10.6. The Labute approximate surface area is 173 Å². The normalized spacial score (nSPS) is 16.4. The molecule has 144 valence electrons. The molecule has 2 aromatic carbocycles. The molecule has 0 spiro atoms. The molecule has 2 heterocycles. The van der Waals surface area contributed by atoms with Gasteiger partial charge in [0.25, 0.3) is 0 Å². The Hall–Kier alpha value is -2.15. The van der Waals surface area contributed by atoms with E-state index in [2.05, 4.69) is 14.8 Å². The van der Waals surface area contributed by atoms with E-state index >= 15 is 0 Å². The highest BCUT2D eigenvalue weighted by Gasteiger charge is 2.22. The van der Waals surface area contributed by atoms with Gasteiger partial charge in [0.05, 0.1) is 18.4 Å². The predicted molar refractivity (Wildman–Crippen MR) is 111 cm³/mol. The number of carbonyl (C=O) groups excluding carboxylic acids is 1. The van der Waals surface area contributed by atoms with Crippen molar-refractivity contribution in [3.63, 3.8) is 0 Å². The summed E-state index contributed by atoms with van der Waals surface area (Å²) >= 11 is 7.43. The van der Waals surface area contributed by atoms with Crippen molar-refractivity contribution in [3.8, 4) is 11.4 Å². The van der Waals surface area contributed by atoms with Crippen molar-refractivity contribution in [1.29, 1.82) is 0 Å². The van der Waals surface area contributed by atoms with Gasteiger partial charge in [-0.05, 0) is 37.1 Å². The molecule has 5 nitrogen and oxygen atoms in total. The highest BCUT2D eigenvalue weighted by molar-refractivity contribution is 7.99. The first kappa shape index (κ1) is 19.2. The van der Waals surface area contributed by atoms with Gasteiger partial charge in [-0.1, -0.05) is 53.7 Å². The molecule has 0 amide bonds. The lowest BCUT2D eigenvalue weighted by atomic mass is 10.2. The number of carbonyl (C=O) groups is 1. The smallest absolute Gasteiger partial charge is 0.192 e. The van der Waals surface area contributed by atoms with Crippen molar-refractivity contribution in [1.82, 2.24) is 14.8 Å². The van der Waals surface area contributed by atoms with Crippen LogP contribution in [0.4, 0.5) is 0 Å². The maximum atomic E-state index is 12.5. The number of benzene rings is 2. The van der Waals surface area contributed by atoms with Crippen LogP contribution in [0.15, 0.2) is 59.8 Å². The van der Waals surface area contributed by atoms with Crippen molar-refractivity contribution >= 4 is 29.1 Å². The average molecular weight is 414 g/mol. The molecule has 0 N–H and O–H groups in total. The number of nitrogens with zero attached hydrogens (tertiary/aromatic N) is 3. The molecular formula is C21H20ClN3O2S. The summed E-state index contributed by atoms with van der Waals surface area (Å²) in [5.41, 5.74) is 1.65. The van der Waals surface area contributed by atoms with Gasteiger partial charge in [-0.15, -0.1) is 10.2 Å². The molecule has 0 aliphatic carbocycles. The van der Waals surface area contributed by atoms with E-state index in [9.17, 15) is 4.79 Å². The first-order chi connectivity index (χ1) is 13.7. The largest absolute Gasteiger partial charge is 0.376 e. The molecule has 1 saturated heterocycles. The van der Waals surface area contributed by atoms with Crippen molar-refractivity contribution in [2.75, 3.05) is 12.4 Å². The van der Waals surface area contributed by atoms with Gasteiger partial charge in [-0.3, -0.25) is 9.36 Å². The van der Waals surface area contributed by atoms with Gasteiger partial charge >= 0.3 is 0 Å². The zero-order chi connectivity index (χ0) is 19.3. The van der Waals surface area contributed by atoms with Crippen LogP contribution in [0, 0.1) is 0 Å². The van der Waals surface area contributed by atoms with E-state index in [1.807, 2.05) is 54.6 Å². The molecule has 0 saturated carbocycles. The van der Waals surface area contributed by atoms with Gasteiger partial charge in [0.1, 0.15) is 0 Å². The fourth-order valence-corrected chi connectivity index (χ4v) is 4.17. The van der Waals surface area contributed by atoms with Crippen LogP contribution in [0.5, 0.6) is 0 Å². The zero-order valence-corrected chi connectivity index (χ0v) is 16.8. The summed E-state index contributed by atoms with van der Waals surface area (Å²) in [6.45, 7) is 1.46. The van der Waals surface area contributed by atoms with E-state index in [1.165, 1.54) is 11.8 Å². The second kappa shape index (κ2) is 8.90. The molecule has 7 heteroatoms. The minimum absolute atomic E-state index is 0.0744. The fourth-order valence-electron chi connectivity index (χ4n) is 3.20. The highest BCUT2D eigenvalue weighted by atomic mass is 35.5. The number of halogens is 1. The van der Waals surface area contributed by atoms with Crippen LogP contribution >= 0.6 is 23.4 Å². The zero-order valence-electron chi connectivity index (χ0n) is 15.3. The quantitative estimate of drug-likeness (QED) is 0.413. The fraction of sp³-hybridized carbons (Fsp3) is 0.286. The summed E-state index contributed by atoms with van der Waals surface area (Å²) in [5, 5.41) is 10.2. The number of thioether (sulfide) groups is 1. The summed E-state index contributed by atoms with van der Waals surface area (Å²) in [4.78, 5) is 12.5. The molecule has 0 unspecified atom stereocenters. The van der Waals surface area contributed by atoms with Crippen LogP contribution in [-0.2, 0) is 11.3 Å². The lowest BCUT2D eigenvalue weighted by molar-refractivity contribution is 0.0953. The van der Waals surface area contributed by atoms with Gasteiger partial charge < -0.3 is 4.74 Å². The van der Waals surface area contributed by atoms with Crippen LogP contribution in [0.3, 0.4) is 0 Å². The number of Topliss-reactive ketones (excluding diaryl/α,β-unsaturated/α-hetero) is 1. The average Bonchev–Trinajstić information content (AvgIpc) is 3.38. The van der Waals surface area contributed by atoms with Gasteiger partial charge in [0, 0.05) is 22.8 Å². The third-order valence-electron chi connectivity index (χ3n) is 4.66. The summed E-state index contributed by atoms with van der Waals surface area (Å²) in [6.07, 6.45) is 2.23. The molecule has 1 aromatic heterocycles. The third kappa shape index (κ3) is 4.46. The molecule has 4 rings (SSSR count). The number of ether oxygens (including phenoxy) is 1. The molecule has 28 heavy (non-hydrogen) atoms. The first-order valence-electron chi connectivity index (χ1n) is 9.22. The van der Waals surface area contributed by atoms with Gasteiger partial charge in [0.15, 0.2) is 16.8 Å². The van der Waals surface area contributed by atoms with E-state index in [4.69, 9.17) is 16.3 Å².